The Balaban J connectivity index is 1.41. The van der Waals surface area contributed by atoms with Crippen LogP contribution in [0.1, 0.15) is 17.0 Å². The molecule has 0 fully saturated rings. The van der Waals surface area contributed by atoms with Crippen LogP contribution in [0.15, 0.2) is 72.9 Å². The van der Waals surface area contributed by atoms with E-state index >= 15 is 0 Å². The highest BCUT2D eigenvalue weighted by Crippen LogP contribution is 2.18. The van der Waals surface area contributed by atoms with Crippen LogP contribution in [-0.2, 0) is 19.6 Å². The van der Waals surface area contributed by atoms with Gasteiger partial charge in [-0.2, -0.15) is 0 Å². The summed E-state index contributed by atoms with van der Waals surface area (Å²) in [5.74, 6) is 1.94. The maximum atomic E-state index is 4.61. The van der Waals surface area contributed by atoms with E-state index < -0.39 is 0 Å². The van der Waals surface area contributed by atoms with Crippen LogP contribution in [0, 0.1) is 0 Å². The van der Waals surface area contributed by atoms with E-state index in [1.54, 1.807) is 0 Å². The van der Waals surface area contributed by atoms with Crippen molar-refractivity contribution in [1.82, 2.24) is 20.3 Å². The Morgan fingerprint density at radius 1 is 0.926 bits per heavy atom. The number of nitrogens with one attached hydrogen (secondary N) is 2. The van der Waals surface area contributed by atoms with Gasteiger partial charge >= 0.3 is 0 Å². The summed E-state index contributed by atoms with van der Waals surface area (Å²) >= 11 is 0. The fourth-order valence-electron chi connectivity index (χ4n) is 3.25. The molecule has 2 N–H and O–H groups in total. The van der Waals surface area contributed by atoms with E-state index in [0.29, 0.717) is 6.54 Å². The minimum Gasteiger partial charge on any atom is -0.355 e. The highest BCUT2D eigenvalue weighted by Gasteiger charge is 2.09. The predicted octanol–water partition coefficient (Wildman–Crippen LogP) is 3.88. The van der Waals surface area contributed by atoms with E-state index in [0.717, 1.165) is 35.8 Å². The Hall–Kier alpha value is -3.18. The van der Waals surface area contributed by atoms with Crippen molar-refractivity contribution < 1.29 is 0 Å². The molecule has 0 aliphatic carbocycles. The molecular weight excluding hydrogens is 334 g/mol. The molecule has 0 unspecified atom stereocenters. The fraction of sp³-hybridized carbons (Fsp3) is 0.182. The molecule has 5 nitrogen and oxygen atoms in total. The average Bonchev–Trinajstić information content (AvgIpc) is 3.12. The molecule has 0 bridgehead atoms. The van der Waals surface area contributed by atoms with Gasteiger partial charge < -0.3 is 15.2 Å². The standard InChI is InChI=1S/C22H23N5/c1-27(16-17-8-3-2-4-9-17)22-18(10-7-13-24-22)14-23-15-21-25-19-11-5-6-12-20(19)26-21/h2-13,23H,14-16H2,1H3,(H,25,26). The lowest BCUT2D eigenvalue weighted by atomic mass is 10.2. The van der Waals surface area contributed by atoms with Gasteiger partial charge in [0.05, 0.1) is 17.6 Å². The first-order valence-electron chi connectivity index (χ1n) is 9.13. The average molecular weight is 357 g/mol. The van der Waals surface area contributed by atoms with Crippen LogP contribution in [0.4, 0.5) is 5.82 Å². The van der Waals surface area contributed by atoms with Crippen molar-refractivity contribution in [1.29, 1.82) is 0 Å². The molecule has 27 heavy (non-hydrogen) atoms. The quantitative estimate of drug-likeness (QED) is 0.527. The summed E-state index contributed by atoms with van der Waals surface area (Å²) < 4.78 is 0. The number of aromatic nitrogens is 3. The lowest BCUT2D eigenvalue weighted by Crippen LogP contribution is -2.22. The van der Waals surface area contributed by atoms with Crippen LogP contribution in [-0.4, -0.2) is 22.0 Å². The van der Waals surface area contributed by atoms with E-state index in [9.17, 15) is 0 Å². The zero-order valence-electron chi connectivity index (χ0n) is 15.4. The molecule has 0 amide bonds. The van der Waals surface area contributed by atoms with Gasteiger partial charge in [0.15, 0.2) is 0 Å². The van der Waals surface area contributed by atoms with Crippen molar-refractivity contribution >= 4 is 16.9 Å². The number of para-hydroxylation sites is 2. The van der Waals surface area contributed by atoms with E-state index in [1.807, 2.05) is 42.6 Å². The molecule has 4 aromatic rings. The summed E-state index contributed by atoms with van der Waals surface area (Å²) in [7, 11) is 2.08. The molecule has 0 spiro atoms. The van der Waals surface area contributed by atoms with Crippen LogP contribution < -0.4 is 10.2 Å². The Labute approximate surface area is 159 Å². The molecule has 2 aromatic heterocycles. The van der Waals surface area contributed by atoms with Gasteiger partial charge in [-0.3, -0.25) is 0 Å². The van der Waals surface area contributed by atoms with Crippen molar-refractivity contribution in [2.45, 2.75) is 19.6 Å². The second-order valence-corrected chi connectivity index (χ2v) is 6.63. The molecule has 0 radical (unpaired) electrons. The first-order chi connectivity index (χ1) is 13.3. The van der Waals surface area contributed by atoms with Gasteiger partial charge in [0.2, 0.25) is 0 Å². The molecule has 0 saturated heterocycles. The smallest absolute Gasteiger partial charge is 0.133 e. The number of imidazole rings is 1. The summed E-state index contributed by atoms with van der Waals surface area (Å²) in [5.41, 5.74) is 4.51. The van der Waals surface area contributed by atoms with Crippen molar-refractivity contribution in [3.63, 3.8) is 0 Å². The first-order valence-corrected chi connectivity index (χ1v) is 9.13. The van der Waals surface area contributed by atoms with Gasteiger partial charge in [-0.25, -0.2) is 9.97 Å². The van der Waals surface area contributed by atoms with Crippen molar-refractivity contribution in [3.05, 3.63) is 89.9 Å². The fourth-order valence-corrected chi connectivity index (χ4v) is 3.25. The second-order valence-electron chi connectivity index (χ2n) is 6.63. The molecule has 5 heteroatoms. The van der Waals surface area contributed by atoms with Gasteiger partial charge in [0.25, 0.3) is 0 Å². The summed E-state index contributed by atoms with van der Waals surface area (Å²) in [6, 6.07) is 22.6. The number of hydrogen-bond donors (Lipinski definition) is 2. The zero-order valence-corrected chi connectivity index (χ0v) is 15.4. The number of fused-ring (bicyclic) bond motifs is 1. The second kappa shape index (κ2) is 8.01. The third-order valence-electron chi connectivity index (χ3n) is 4.54. The molecular formula is C22H23N5. The number of rotatable bonds is 7. The largest absolute Gasteiger partial charge is 0.355 e. The van der Waals surface area contributed by atoms with Crippen molar-refractivity contribution in [3.8, 4) is 0 Å². The van der Waals surface area contributed by atoms with Gasteiger partial charge in [-0.1, -0.05) is 48.5 Å². The van der Waals surface area contributed by atoms with Gasteiger partial charge in [-0.05, 0) is 23.8 Å². The molecule has 2 aromatic carbocycles. The molecule has 0 atom stereocenters. The number of aromatic amines is 1. The van der Waals surface area contributed by atoms with Crippen LogP contribution in [0.3, 0.4) is 0 Å². The number of benzene rings is 2. The van der Waals surface area contributed by atoms with Crippen LogP contribution in [0.25, 0.3) is 11.0 Å². The lowest BCUT2D eigenvalue weighted by Gasteiger charge is -2.21. The number of H-pyrrole nitrogens is 1. The van der Waals surface area contributed by atoms with E-state index in [1.165, 1.54) is 11.1 Å². The van der Waals surface area contributed by atoms with E-state index in [2.05, 4.69) is 62.5 Å². The minimum absolute atomic E-state index is 0.686. The maximum absolute atomic E-state index is 4.61. The Morgan fingerprint density at radius 2 is 1.74 bits per heavy atom. The Morgan fingerprint density at radius 3 is 2.59 bits per heavy atom. The summed E-state index contributed by atoms with van der Waals surface area (Å²) in [4.78, 5) is 14.8. The number of anilines is 1. The maximum Gasteiger partial charge on any atom is 0.133 e. The van der Waals surface area contributed by atoms with Crippen LogP contribution in [0.5, 0.6) is 0 Å². The molecule has 0 aliphatic heterocycles. The SMILES string of the molecule is CN(Cc1ccccc1)c1ncccc1CNCc1nc2ccccc2[nH]1. The highest BCUT2D eigenvalue weighted by atomic mass is 15.2. The predicted molar refractivity (Wildman–Crippen MR) is 109 cm³/mol. The van der Waals surface area contributed by atoms with E-state index in [4.69, 9.17) is 0 Å². The number of hydrogen-bond acceptors (Lipinski definition) is 4. The lowest BCUT2D eigenvalue weighted by molar-refractivity contribution is 0.666. The van der Waals surface area contributed by atoms with Crippen molar-refractivity contribution in [2.24, 2.45) is 0 Å². The minimum atomic E-state index is 0.686. The molecule has 136 valence electrons. The summed E-state index contributed by atoms with van der Waals surface area (Å²) in [6.07, 6.45) is 1.85. The summed E-state index contributed by atoms with van der Waals surface area (Å²) in [5, 5.41) is 3.48. The van der Waals surface area contributed by atoms with Gasteiger partial charge in [0.1, 0.15) is 11.6 Å². The topological polar surface area (TPSA) is 56.8 Å². The summed E-state index contributed by atoms with van der Waals surface area (Å²) in [6.45, 7) is 2.25. The third kappa shape index (κ3) is 4.15. The Kier molecular flexibility index (Phi) is 5.12. The monoisotopic (exact) mass is 357 g/mol. The third-order valence-corrected chi connectivity index (χ3v) is 4.54. The molecule has 4 rings (SSSR count). The first kappa shape index (κ1) is 17.2. The normalized spacial score (nSPS) is 11.0. The molecule has 2 heterocycles. The van der Waals surface area contributed by atoms with E-state index in [-0.39, 0.29) is 0 Å². The van der Waals surface area contributed by atoms with Gasteiger partial charge in [0, 0.05) is 31.9 Å². The molecule has 0 saturated carbocycles. The zero-order chi connectivity index (χ0) is 18.5. The van der Waals surface area contributed by atoms with Gasteiger partial charge in [-0.15, -0.1) is 0 Å². The van der Waals surface area contributed by atoms with Crippen LogP contribution in [0.2, 0.25) is 0 Å². The Bertz CT molecular complexity index is 976. The molecule has 0 aliphatic rings. The van der Waals surface area contributed by atoms with Crippen molar-refractivity contribution in [2.75, 3.05) is 11.9 Å². The highest BCUT2D eigenvalue weighted by molar-refractivity contribution is 5.74. The van der Waals surface area contributed by atoms with Crippen LogP contribution >= 0.6 is 0 Å². The number of nitrogens with zero attached hydrogens (tertiary/aromatic N) is 3. The number of pyridine rings is 1.